The highest BCUT2D eigenvalue weighted by Gasteiger charge is 2.24. The molecule has 0 radical (unpaired) electrons. The van der Waals surface area contributed by atoms with Gasteiger partial charge in [0.25, 0.3) is 10.0 Å². The predicted octanol–water partition coefficient (Wildman–Crippen LogP) is 0.805. The Balaban J connectivity index is 2.26. The van der Waals surface area contributed by atoms with Crippen molar-refractivity contribution in [1.82, 2.24) is 15.2 Å². The van der Waals surface area contributed by atoms with Crippen LogP contribution >= 0.6 is 0 Å². The van der Waals surface area contributed by atoms with E-state index < -0.39 is 16.6 Å². The second-order valence-electron chi connectivity index (χ2n) is 4.21. The third kappa shape index (κ3) is 3.31. The van der Waals surface area contributed by atoms with Crippen LogP contribution in [0.25, 0.3) is 0 Å². The maximum Gasteiger partial charge on any atom is 0.265 e. The molecule has 0 aromatic carbocycles. The summed E-state index contributed by atoms with van der Waals surface area (Å²) in [5, 5.41) is 15.4. The molecule has 2 rings (SSSR count). The number of aromatic nitrogens is 3. The number of hydrogen-bond donors (Lipinski definition) is 3. The van der Waals surface area contributed by atoms with Crippen LogP contribution in [0, 0.1) is 6.92 Å². The number of pyridine rings is 1. The number of ether oxygens (including phenoxy) is 1. The molecule has 2 aromatic rings. The van der Waals surface area contributed by atoms with Gasteiger partial charge in [-0.05, 0) is 19.9 Å². The van der Waals surface area contributed by atoms with Crippen LogP contribution in [-0.4, -0.2) is 35.3 Å². The Hall–Kier alpha value is -2.13. The molecule has 0 aliphatic heterocycles. The summed E-state index contributed by atoms with van der Waals surface area (Å²) in [4.78, 5) is 3.92. The molecule has 0 fully saturated rings. The lowest BCUT2D eigenvalue weighted by Gasteiger charge is -2.09. The Morgan fingerprint density at radius 1 is 1.43 bits per heavy atom. The molecule has 114 valence electrons. The van der Waals surface area contributed by atoms with Gasteiger partial charge < -0.3 is 9.84 Å². The second kappa shape index (κ2) is 6.10. The van der Waals surface area contributed by atoms with Crippen molar-refractivity contribution < 1.29 is 18.3 Å². The van der Waals surface area contributed by atoms with E-state index in [1.165, 1.54) is 6.20 Å². The van der Waals surface area contributed by atoms with Crippen LogP contribution in [0.15, 0.2) is 23.2 Å². The smallest absolute Gasteiger partial charge is 0.265 e. The first-order valence-corrected chi connectivity index (χ1v) is 7.72. The summed E-state index contributed by atoms with van der Waals surface area (Å²) in [7, 11) is -3.85. The molecule has 0 spiro atoms. The van der Waals surface area contributed by atoms with Gasteiger partial charge in [-0.1, -0.05) is 0 Å². The summed E-state index contributed by atoms with van der Waals surface area (Å²) >= 11 is 0. The molecular formula is C12H16N4O4S. The van der Waals surface area contributed by atoms with Crippen molar-refractivity contribution in [3.63, 3.8) is 0 Å². The van der Waals surface area contributed by atoms with Crippen LogP contribution in [0.4, 0.5) is 5.69 Å². The number of aromatic amines is 1. The molecule has 0 aliphatic rings. The summed E-state index contributed by atoms with van der Waals surface area (Å²) in [5.41, 5.74) is 0.715. The van der Waals surface area contributed by atoms with Gasteiger partial charge in [-0.3, -0.25) is 9.82 Å². The normalized spacial score (nSPS) is 11.4. The van der Waals surface area contributed by atoms with Gasteiger partial charge in [-0.2, -0.15) is 5.10 Å². The molecule has 0 aliphatic carbocycles. The van der Waals surface area contributed by atoms with Crippen LogP contribution in [0.5, 0.6) is 5.88 Å². The van der Waals surface area contributed by atoms with Crippen molar-refractivity contribution in [3.05, 3.63) is 29.7 Å². The van der Waals surface area contributed by atoms with Crippen LogP contribution in [0.1, 0.15) is 18.3 Å². The van der Waals surface area contributed by atoms with Gasteiger partial charge in [-0.25, -0.2) is 13.4 Å². The quantitative estimate of drug-likeness (QED) is 0.726. The van der Waals surface area contributed by atoms with Crippen molar-refractivity contribution in [3.8, 4) is 5.88 Å². The minimum Gasteiger partial charge on any atom is -0.478 e. The molecule has 2 heterocycles. The number of hydrogen-bond acceptors (Lipinski definition) is 6. The molecule has 8 nitrogen and oxygen atoms in total. The fourth-order valence-corrected chi connectivity index (χ4v) is 3.22. The Morgan fingerprint density at radius 3 is 2.76 bits per heavy atom. The van der Waals surface area contributed by atoms with Crippen LogP contribution in [-0.2, 0) is 16.6 Å². The highest BCUT2D eigenvalue weighted by molar-refractivity contribution is 7.92. The molecule has 0 unspecified atom stereocenters. The first kappa shape index (κ1) is 15.3. The van der Waals surface area contributed by atoms with Gasteiger partial charge in [-0.15, -0.1) is 0 Å². The largest absolute Gasteiger partial charge is 0.478 e. The lowest BCUT2D eigenvalue weighted by molar-refractivity contribution is 0.273. The topological polar surface area (TPSA) is 117 Å². The first-order chi connectivity index (χ1) is 9.97. The number of anilines is 1. The van der Waals surface area contributed by atoms with Gasteiger partial charge in [0.05, 0.1) is 30.8 Å². The standard InChI is InChI=1S/C12H16N4O4S/c1-3-20-11-5-4-9(6-13-11)16-21(18,19)12-8(2)14-15-10(12)7-17/h4-6,16-17H,3,7H2,1-2H3,(H,14,15). The van der Waals surface area contributed by atoms with E-state index in [1.807, 2.05) is 6.92 Å². The molecule has 0 saturated heterocycles. The van der Waals surface area contributed by atoms with Gasteiger partial charge in [0.1, 0.15) is 10.6 Å². The third-order valence-electron chi connectivity index (χ3n) is 2.66. The number of H-pyrrole nitrogens is 1. The minimum atomic E-state index is -3.85. The number of aliphatic hydroxyl groups is 1. The number of aliphatic hydroxyl groups excluding tert-OH is 1. The third-order valence-corrected chi connectivity index (χ3v) is 4.24. The fraction of sp³-hybridized carbons (Fsp3) is 0.333. The zero-order valence-electron chi connectivity index (χ0n) is 11.6. The first-order valence-electron chi connectivity index (χ1n) is 6.24. The molecule has 9 heteroatoms. The van der Waals surface area contributed by atoms with E-state index >= 15 is 0 Å². The predicted molar refractivity (Wildman–Crippen MR) is 75.5 cm³/mol. The van der Waals surface area contributed by atoms with Gasteiger partial charge in [0.2, 0.25) is 5.88 Å². The van der Waals surface area contributed by atoms with Gasteiger partial charge in [0.15, 0.2) is 0 Å². The highest BCUT2D eigenvalue weighted by atomic mass is 32.2. The van der Waals surface area contributed by atoms with E-state index in [0.717, 1.165) is 0 Å². The number of rotatable bonds is 6. The van der Waals surface area contributed by atoms with E-state index in [1.54, 1.807) is 19.1 Å². The molecule has 0 amide bonds. The molecule has 0 atom stereocenters. The van der Waals surface area contributed by atoms with Crippen molar-refractivity contribution in [2.75, 3.05) is 11.3 Å². The monoisotopic (exact) mass is 312 g/mol. The molecule has 0 saturated carbocycles. The Labute approximate surface area is 122 Å². The van der Waals surface area contributed by atoms with Gasteiger partial charge in [0, 0.05) is 6.07 Å². The molecule has 3 N–H and O–H groups in total. The van der Waals surface area contributed by atoms with E-state index in [-0.39, 0.29) is 10.6 Å². The Morgan fingerprint density at radius 2 is 2.19 bits per heavy atom. The second-order valence-corrected chi connectivity index (χ2v) is 5.83. The van der Waals surface area contributed by atoms with E-state index in [9.17, 15) is 8.42 Å². The van der Waals surface area contributed by atoms with Crippen molar-refractivity contribution >= 4 is 15.7 Å². The zero-order chi connectivity index (χ0) is 15.5. The van der Waals surface area contributed by atoms with Crippen LogP contribution < -0.4 is 9.46 Å². The lowest BCUT2D eigenvalue weighted by Crippen LogP contribution is -2.15. The van der Waals surface area contributed by atoms with E-state index in [2.05, 4.69) is 19.9 Å². The minimum absolute atomic E-state index is 0.0566. The summed E-state index contributed by atoms with van der Waals surface area (Å²) in [6.07, 6.45) is 1.36. The zero-order valence-corrected chi connectivity index (χ0v) is 12.4. The molecular weight excluding hydrogens is 296 g/mol. The lowest BCUT2D eigenvalue weighted by atomic mass is 10.4. The number of nitrogens with one attached hydrogen (secondary N) is 2. The SMILES string of the molecule is CCOc1ccc(NS(=O)(=O)c2c(CO)n[nH]c2C)cn1. The number of aryl methyl sites for hydroxylation is 1. The van der Waals surface area contributed by atoms with Crippen LogP contribution in [0.2, 0.25) is 0 Å². The molecule has 0 bridgehead atoms. The van der Waals surface area contributed by atoms with Crippen molar-refractivity contribution in [2.24, 2.45) is 0 Å². The maximum atomic E-state index is 12.3. The van der Waals surface area contributed by atoms with E-state index in [4.69, 9.17) is 9.84 Å². The molecule has 21 heavy (non-hydrogen) atoms. The highest BCUT2D eigenvalue weighted by Crippen LogP contribution is 2.21. The van der Waals surface area contributed by atoms with Gasteiger partial charge >= 0.3 is 0 Å². The average molecular weight is 312 g/mol. The summed E-state index contributed by atoms with van der Waals surface area (Å²) in [6, 6.07) is 3.11. The summed E-state index contributed by atoms with van der Waals surface area (Å²) < 4.78 is 32.2. The Bertz CT molecular complexity index is 709. The van der Waals surface area contributed by atoms with Crippen molar-refractivity contribution in [2.45, 2.75) is 25.3 Å². The fourth-order valence-electron chi connectivity index (χ4n) is 1.81. The van der Waals surface area contributed by atoms with Crippen molar-refractivity contribution in [1.29, 1.82) is 0 Å². The number of nitrogens with zero attached hydrogens (tertiary/aromatic N) is 2. The average Bonchev–Trinajstić information content (AvgIpc) is 2.83. The number of sulfonamides is 1. The molecule has 2 aromatic heterocycles. The summed E-state index contributed by atoms with van der Waals surface area (Å²) in [5.74, 6) is 0.413. The van der Waals surface area contributed by atoms with Crippen LogP contribution in [0.3, 0.4) is 0 Å². The Kier molecular flexibility index (Phi) is 4.43. The summed E-state index contributed by atoms with van der Waals surface area (Å²) in [6.45, 7) is 3.40. The van der Waals surface area contributed by atoms with E-state index in [0.29, 0.717) is 23.9 Å². The maximum absolute atomic E-state index is 12.3.